The van der Waals surface area contributed by atoms with Gasteiger partial charge in [-0.1, -0.05) is 35.9 Å². The first-order valence-corrected chi connectivity index (χ1v) is 8.27. The van der Waals surface area contributed by atoms with Gasteiger partial charge in [-0.25, -0.2) is 4.79 Å². The molecule has 1 N–H and O–H groups in total. The van der Waals surface area contributed by atoms with Crippen molar-refractivity contribution in [2.75, 3.05) is 0 Å². The van der Waals surface area contributed by atoms with E-state index in [1.165, 1.54) is 12.1 Å². The van der Waals surface area contributed by atoms with Gasteiger partial charge in [0.15, 0.2) is 0 Å². The second-order valence-corrected chi connectivity index (χ2v) is 6.49. The van der Waals surface area contributed by atoms with E-state index in [2.05, 4.69) is 0 Å². The zero-order valence-electron chi connectivity index (χ0n) is 13.1. The molecule has 1 saturated carbocycles. The summed E-state index contributed by atoms with van der Waals surface area (Å²) in [4.78, 5) is 25.5. The van der Waals surface area contributed by atoms with Crippen molar-refractivity contribution >= 4 is 23.5 Å². The summed E-state index contributed by atoms with van der Waals surface area (Å²) in [6.07, 6.45) is 2.36. The Bertz CT molecular complexity index is 736. The molecule has 4 nitrogen and oxygen atoms in total. The van der Waals surface area contributed by atoms with Crippen LogP contribution < -0.4 is 0 Å². The van der Waals surface area contributed by atoms with Crippen molar-refractivity contribution in [2.45, 2.75) is 31.8 Å². The summed E-state index contributed by atoms with van der Waals surface area (Å²) in [5.74, 6) is -0.897. The summed E-state index contributed by atoms with van der Waals surface area (Å²) >= 11 is 5.91. The molecule has 2 aromatic rings. The number of carbonyl (C=O) groups is 2. The lowest BCUT2D eigenvalue weighted by atomic mass is 10.1. The monoisotopic (exact) mass is 343 g/mol. The molecule has 3 rings (SSSR count). The van der Waals surface area contributed by atoms with E-state index in [4.69, 9.17) is 16.7 Å². The average Bonchev–Trinajstić information content (AvgIpc) is 3.39. The SMILES string of the molecule is O=C(O)c1ccc(CC(=O)N(Cc2ccc(Cl)cc2)C2CC2)cc1. The minimum absolute atomic E-state index is 0.0653. The third-order valence-electron chi connectivity index (χ3n) is 4.13. The number of hydrogen-bond acceptors (Lipinski definition) is 2. The molecular formula is C19H18ClNO3. The number of carboxylic acids is 1. The highest BCUT2D eigenvalue weighted by atomic mass is 35.5. The molecule has 0 aromatic heterocycles. The number of nitrogens with zero attached hydrogens (tertiary/aromatic N) is 1. The average molecular weight is 344 g/mol. The topological polar surface area (TPSA) is 57.6 Å². The van der Waals surface area contributed by atoms with Gasteiger partial charge in [0, 0.05) is 17.6 Å². The van der Waals surface area contributed by atoms with Crippen LogP contribution in [0.3, 0.4) is 0 Å². The van der Waals surface area contributed by atoms with E-state index in [1.807, 2.05) is 29.2 Å². The molecule has 2 aromatic carbocycles. The molecular weight excluding hydrogens is 326 g/mol. The summed E-state index contributed by atoms with van der Waals surface area (Å²) in [6.45, 7) is 0.577. The van der Waals surface area contributed by atoms with Gasteiger partial charge in [-0.15, -0.1) is 0 Å². The van der Waals surface area contributed by atoms with Crippen molar-refractivity contribution in [3.63, 3.8) is 0 Å². The fourth-order valence-electron chi connectivity index (χ4n) is 2.63. The third kappa shape index (κ3) is 4.15. The van der Waals surface area contributed by atoms with Gasteiger partial charge in [0.05, 0.1) is 12.0 Å². The number of carbonyl (C=O) groups excluding carboxylic acids is 1. The lowest BCUT2D eigenvalue weighted by Gasteiger charge is -2.23. The van der Waals surface area contributed by atoms with Gasteiger partial charge >= 0.3 is 5.97 Å². The van der Waals surface area contributed by atoms with Gasteiger partial charge in [-0.05, 0) is 48.2 Å². The first kappa shape index (κ1) is 16.5. The van der Waals surface area contributed by atoms with Gasteiger partial charge in [0.2, 0.25) is 5.91 Å². The molecule has 0 atom stereocenters. The second-order valence-electron chi connectivity index (χ2n) is 6.06. The van der Waals surface area contributed by atoms with E-state index in [1.54, 1.807) is 12.1 Å². The molecule has 0 radical (unpaired) electrons. The van der Waals surface area contributed by atoms with Crippen LogP contribution in [0.2, 0.25) is 5.02 Å². The minimum Gasteiger partial charge on any atom is -0.478 e. The lowest BCUT2D eigenvalue weighted by molar-refractivity contribution is -0.131. The number of carboxylic acid groups (broad SMARTS) is 1. The highest BCUT2D eigenvalue weighted by Gasteiger charge is 2.32. The Morgan fingerprint density at radius 3 is 2.12 bits per heavy atom. The number of amides is 1. The van der Waals surface area contributed by atoms with Gasteiger partial charge in [0.25, 0.3) is 0 Å². The van der Waals surface area contributed by atoms with Crippen molar-refractivity contribution in [2.24, 2.45) is 0 Å². The van der Waals surface area contributed by atoms with E-state index in [0.29, 0.717) is 17.6 Å². The Morgan fingerprint density at radius 2 is 1.58 bits per heavy atom. The Hall–Kier alpha value is -2.33. The largest absolute Gasteiger partial charge is 0.478 e. The Morgan fingerprint density at radius 1 is 1.00 bits per heavy atom. The molecule has 24 heavy (non-hydrogen) atoms. The van der Waals surface area contributed by atoms with Gasteiger partial charge in [-0.3, -0.25) is 4.79 Å². The van der Waals surface area contributed by atoms with Crippen LogP contribution in [0.15, 0.2) is 48.5 Å². The molecule has 0 aliphatic heterocycles. The zero-order chi connectivity index (χ0) is 17.1. The standard InChI is InChI=1S/C19H18ClNO3/c20-16-7-3-14(4-8-16)12-21(17-9-10-17)18(22)11-13-1-5-15(6-2-13)19(23)24/h1-8,17H,9-12H2,(H,23,24). The molecule has 0 unspecified atom stereocenters. The fourth-order valence-corrected chi connectivity index (χ4v) is 2.76. The Kier molecular flexibility index (Phi) is 4.86. The second kappa shape index (κ2) is 7.05. The summed E-state index contributed by atoms with van der Waals surface area (Å²) in [5, 5.41) is 9.61. The van der Waals surface area contributed by atoms with Crippen LogP contribution in [0.5, 0.6) is 0 Å². The first-order valence-electron chi connectivity index (χ1n) is 7.89. The van der Waals surface area contributed by atoms with E-state index in [9.17, 15) is 9.59 Å². The summed E-state index contributed by atoms with van der Waals surface area (Å²) in [5.41, 5.74) is 2.11. The van der Waals surface area contributed by atoms with Crippen molar-refractivity contribution < 1.29 is 14.7 Å². The Labute approximate surface area is 145 Å². The van der Waals surface area contributed by atoms with Crippen molar-refractivity contribution in [3.05, 3.63) is 70.2 Å². The molecule has 0 bridgehead atoms. The van der Waals surface area contributed by atoms with Crippen LogP contribution in [-0.2, 0) is 17.8 Å². The molecule has 1 aliphatic rings. The molecule has 0 spiro atoms. The van der Waals surface area contributed by atoms with Crippen molar-refractivity contribution in [1.29, 1.82) is 0 Å². The number of rotatable bonds is 6. The maximum atomic E-state index is 12.7. The van der Waals surface area contributed by atoms with Gasteiger partial charge in [-0.2, -0.15) is 0 Å². The van der Waals surface area contributed by atoms with Crippen molar-refractivity contribution in [1.82, 2.24) is 4.90 Å². The third-order valence-corrected chi connectivity index (χ3v) is 4.38. The fraction of sp³-hybridized carbons (Fsp3) is 0.263. The van der Waals surface area contributed by atoms with Gasteiger partial charge < -0.3 is 10.0 Å². The maximum absolute atomic E-state index is 12.7. The summed E-state index contributed by atoms with van der Waals surface area (Å²) < 4.78 is 0. The quantitative estimate of drug-likeness (QED) is 0.868. The molecule has 124 valence electrons. The molecule has 1 aliphatic carbocycles. The molecule has 0 heterocycles. The van der Waals surface area contributed by atoms with Crippen LogP contribution in [0.25, 0.3) is 0 Å². The van der Waals surface area contributed by atoms with E-state index in [0.717, 1.165) is 24.0 Å². The minimum atomic E-state index is -0.963. The molecule has 1 amide bonds. The van der Waals surface area contributed by atoms with Crippen LogP contribution in [-0.4, -0.2) is 27.9 Å². The number of benzene rings is 2. The summed E-state index contributed by atoms with van der Waals surface area (Å²) in [7, 11) is 0. The predicted molar refractivity (Wildman–Crippen MR) is 92.1 cm³/mol. The van der Waals surface area contributed by atoms with E-state index < -0.39 is 5.97 Å². The zero-order valence-corrected chi connectivity index (χ0v) is 13.9. The highest BCUT2D eigenvalue weighted by Crippen LogP contribution is 2.29. The maximum Gasteiger partial charge on any atom is 0.335 e. The molecule has 1 fully saturated rings. The molecule has 0 saturated heterocycles. The number of hydrogen-bond donors (Lipinski definition) is 1. The van der Waals surface area contributed by atoms with Crippen molar-refractivity contribution in [3.8, 4) is 0 Å². The van der Waals surface area contributed by atoms with E-state index in [-0.39, 0.29) is 17.9 Å². The van der Waals surface area contributed by atoms with Crippen LogP contribution in [0.4, 0.5) is 0 Å². The summed E-state index contributed by atoms with van der Waals surface area (Å²) in [6, 6.07) is 14.3. The first-order chi connectivity index (χ1) is 11.5. The smallest absolute Gasteiger partial charge is 0.335 e. The van der Waals surface area contributed by atoms with Crippen LogP contribution in [0, 0.1) is 0 Å². The van der Waals surface area contributed by atoms with Crippen LogP contribution >= 0.6 is 11.6 Å². The Balaban J connectivity index is 1.68. The number of aromatic carboxylic acids is 1. The number of halogens is 1. The van der Waals surface area contributed by atoms with E-state index >= 15 is 0 Å². The normalized spacial score (nSPS) is 13.5. The van der Waals surface area contributed by atoms with Crippen LogP contribution in [0.1, 0.15) is 34.3 Å². The van der Waals surface area contributed by atoms with Gasteiger partial charge in [0.1, 0.15) is 0 Å². The highest BCUT2D eigenvalue weighted by molar-refractivity contribution is 6.30. The molecule has 5 heteroatoms. The lowest BCUT2D eigenvalue weighted by Crippen LogP contribution is -2.33. The predicted octanol–water partition coefficient (Wildman–Crippen LogP) is 3.77.